The summed E-state index contributed by atoms with van der Waals surface area (Å²) in [5, 5.41) is 0. The molecule has 0 N–H and O–H groups in total. The lowest BCUT2D eigenvalue weighted by Crippen LogP contribution is -2.05. The molecule has 0 spiro atoms. The number of hydrogen-bond acceptors (Lipinski definition) is 4. The van der Waals surface area contributed by atoms with Crippen LogP contribution in [0.2, 0.25) is 0 Å². The molecule has 0 fully saturated rings. The molecule has 1 heterocycles. The third-order valence-electron chi connectivity index (χ3n) is 2.00. The highest BCUT2D eigenvalue weighted by Crippen LogP contribution is 2.09. The van der Waals surface area contributed by atoms with E-state index in [9.17, 15) is 4.79 Å². The first kappa shape index (κ1) is 12.5. The monoisotopic (exact) mass is 223 g/mol. The zero-order valence-corrected chi connectivity index (χ0v) is 9.73. The smallest absolute Gasteiger partial charge is 0.339 e. The Bertz CT molecular complexity index is 322. The van der Waals surface area contributed by atoms with Crippen LogP contribution in [-0.2, 0) is 4.74 Å². The van der Waals surface area contributed by atoms with Crippen LogP contribution in [0.5, 0.6) is 5.88 Å². The molecule has 4 heteroatoms. The molecule has 0 aliphatic rings. The first-order chi connectivity index (χ1) is 7.77. The zero-order valence-electron chi connectivity index (χ0n) is 9.73. The van der Waals surface area contributed by atoms with E-state index in [0.717, 1.165) is 12.8 Å². The lowest BCUT2D eigenvalue weighted by Gasteiger charge is -2.05. The van der Waals surface area contributed by atoms with Gasteiger partial charge in [-0.1, -0.05) is 13.3 Å². The van der Waals surface area contributed by atoms with Crippen molar-refractivity contribution in [1.29, 1.82) is 0 Å². The van der Waals surface area contributed by atoms with Gasteiger partial charge < -0.3 is 9.47 Å². The summed E-state index contributed by atoms with van der Waals surface area (Å²) in [6.45, 7) is 4.89. The Kier molecular flexibility index (Phi) is 5.32. The molecule has 0 radical (unpaired) electrons. The highest BCUT2D eigenvalue weighted by molar-refractivity contribution is 5.89. The van der Waals surface area contributed by atoms with Crippen molar-refractivity contribution in [3.05, 3.63) is 23.9 Å². The van der Waals surface area contributed by atoms with Gasteiger partial charge in [-0.15, -0.1) is 0 Å². The van der Waals surface area contributed by atoms with Crippen molar-refractivity contribution in [2.75, 3.05) is 13.2 Å². The van der Waals surface area contributed by atoms with Gasteiger partial charge in [-0.05, 0) is 19.4 Å². The molecule has 0 amide bonds. The van der Waals surface area contributed by atoms with Crippen molar-refractivity contribution in [2.45, 2.75) is 26.7 Å². The molecule has 0 unspecified atom stereocenters. The molecule has 0 aromatic carbocycles. The lowest BCUT2D eigenvalue weighted by molar-refractivity contribution is 0.0526. The van der Waals surface area contributed by atoms with Gasteiger partial charge in [0.25, 0.3) is 0 Å². The van der Waals surface area contributed by atoms with Crippen LogP contribution in [0.4, 0.5) is 0 Å². The minimum absolute atomic E-state index is 0.352. The number of unbranched alkanes of at least 4 members (excludes halogenated alkanes) is 1. The number of hydrogen-bond donors (Lipinski definition) is 0. The van der Waals surface area contributed by atoms with E-state index in [1.165, 1.54) is 6.20 Å². The second kappa shape index (κ2) is 6.82. The minimum atomic E-state index is -0.352. The zero-order chi connectivity index (χ0) is 11.8. The van der Waals surface area contributed by atoms with Gasteiger partial charge in [0.2, 0.25) is 5.88 Å². The van der Waals surface area contributed by atoms with E-state index in [4.69, 9.17) is 9.47 Å². The number of rotatable bonds is 6. The molecule has 1 aromatic heterocycles. The molecule has 4 nitrogen and oxygen atoms in total. The normalized spacial score (nSPS) is 9.88. The van der Waals surface area contributed by atoms with Crippen LogP contribution in [0.15, 0.2) is 18.3 Å². The van der Waals surface area contributed by atoms with Crippen LogP contribution >= 0.6 is 0 Å². The summed E-state index contributed by atoms with van der Waals surface area (Å²) in [4.78, 5) is 15.3. The Morgan fingerprint density at radius 1 is 1.38 bits per heavy atom. The predicted octanol–water partition coefficient (Wildman–Crippen LogP) is 2.44. The van der Waals surface area contributed by atoms with E-state index in [1.54, 1.807) is 19.1 Å². The van der Waals surface area contributed by atoms with Crippen molar-refractivity contribution in [3.63, 3.8) is 0 Å². The van der Waals surface area contributed by atoms with E-state index in [1.807, 2.05) is 0 Å². The number of aromatic nitrogens is 1. The Balaban J connectivity index is 2.50. The van der Waals surface area contributed by atoms with Gasteiger partial charge >= 0.3 is 5.97 Å². The van der Waals surface area contributed by atoms with Gasteiger partial charge in [-0.25, -0.2) is 9.78 Å². The van der Waals surface area contributed by atoms with Crippen LogP contribution in [0.1, 0.15) is 37.0 Å². The van der Waals surface area contributed by atoms with E-state index in [2.05, 4.69) is 11.9 Å². The van der Waals surface area contributed by atoms with Crippen LogP contribution in [0.25, 0.3) is 0 Å². The molecule has 16 heavy (non-hydrogen) atoms. The summed E-state index contributed by atoms with van der Waals surface area (Å²) in [5.74, 6) is 0.191. The Labute approximate surface area is 95.6 Å². The maximum atomic E-state index is 11.3. The maximum absolute atomic E-state index is 11.3. The fraction of sp³-hybridized carbons (Fsp3) is 0.500. The molecular weight excluding hydrogens is 206 g/mol. The molecule has 0 bridgehead atoms. The number of pyridine rings is 1. The number of carbonyl (C=O) groups excluding carboxylic acids is 1. The van der Waals surface area contributed by atoms with E-state index in [0.29, 0.717) is 24.7 Å². The SMILES string of the molecule is CCCCOc1ccc(C(=O)OCC)cn1. The fourth-order valence-electron chi connectivity index (χ4n) is 1.12. The van der Waals surface area contributed by atoms with Crippen molar-refractivity contribution in [1.82, 2.24) is 4.98 Å². The van der Waals surface area contributed by atoms with Crippen molar-refractivity contribution in [2.24, 2.45) is 0 Å². The molecule has 1 rings (SSSR count). The third kappa shape index (κ3) is 3.88. The summed E-state index contributed by atoms with van der Waals surface area (Å²) in [5.41, 5.74) is 0.449. The molecule has 0 atom stereocenters. The summed E-state index contributed by atoms with van der Waals surface area (Å²) < 4.78 is 10.2. The summed E-state index contributed by atoms with van der Waals surface area (Å²) in [7, 11) is 0. The maximum Gasteiger partial charge on any atom is 0.339 e. The third-order valence-corrected chi connectivity index (χ3v) is 2.00. The topological polar surface area (TPSA) is 48.4 Å². The highest BCUT2D eigenvalue weighted by Gasteiger charge is 2.06. The molecule has 0 aliphatic carbocycles. The quantitative estimate of drug-likeness (QED) is 0.549. The van der Waals surface area contributed by atoms with Crippen LogP contribution in [0.3, 0.4) is 0 Å². The van der Waals surface area contributed by atoms with E-state index in [-0.39, 0.29) is 5.97 Å². The van der Waals surface area contributed by atoms with Crippen LogP contribution < -0.4 is 4.74 Å². The van der Waals surface area contributed by atoms with E-state index < -0.39 is 0 Å². The van der Waals surface area contributed by atoms with Gasteiger partial charge in [0.15, 0.2) is 0 Å². The number of carbonyl (C=O) groups is 1. The molecule has 0 saturated heterocycles. The predicted molar refractivity (Wildman–Crippen MR) is 60.6 cm³/mol. The lowest BCUT2D eigenvalue weighted by atomic mass is 10.3. The van der Waals surface area contributed by atoms with E-state index >= 15 is 0 Å². The first-order valence-corrected chi connectivity index (χ1v) is 5.54. The van der Waals surface area contributed by atoms with Gasteiger partial charge in [0, 0.05) is 12.3 Å². The van der Waals surface area contributed by atoms with Crippen LogP contribution in [-0.4, -0.2) is 24.2 Å². The Hall–Kier alpha value is -1.58. The van der Waals surface area contributed by atoms with Gasteiger partial charge in [0.05, 0.1) is 18.8 Å². The molecular formula is C12H17NO3. The molecule has 0 aliphatic heterocycles. The fourth-order valence-corrected chi connectivity index (χ4v) is 1.12. The van der Waals surface area contributed by atoms with Gasteiger partial charge in [-0.2, -0.15) is 0 Å². The molecule has 0 saturated carbocycles. The average molecular weight is 223 g/mol. The Morgan fingerprint density at radius 2 is 2.19 bits per heavy atom. The molecule has 88 valence electrons. The average Bonchev–Trinajstić information content (AvgIpc) is 2.30. The summed E-state index contributed by atoms with van der Waals surface area (Å²) in [6.07, 6.45) is 3.56. The number of nitrogens with zero attached hydrogens (tertiary/aromatic N) is 1. The second-order valence-corrected chi connectivity index (χ2v) is 3.31. The molecule has 1 aromatic rings. The largest absolute Gasteiger partial charge is 0.478 e. The van der Waals surface area contributed by atoms with Gasteiger partial charge in [-0.3, -0.25) is 0 Å². The highest BCUT2D eigenvalue weighted by atomic mass is 16.5. The first-order valence-electron chi connectivity index (χ1n) is 5.54. The summed E-state index contributed by atoms with van der Waals surface area (Å²) >= 11 is 0. The van der Waals surface area contributed by atoms with Crippen molar-refractivity contribution < 1.29 is 14.3 Å². The second-order valence-electron chi connectivity index (χ2n) is 3.31. The van der Waals surface area contributed by atoms with Gasteiger partial charge in [0.1, 0.15) is 0 Å². The Morgan fingerprint density at radius 3 is 2.75 bits per heavy atom. The number of esters is 1. The minimum Gasteiger partial charge on any atom is -0.478 e. The van der Waals surface area contributed by atoms with Crippen molar-refractivity contribution >= 4 is 5.97 Å². The van der Waals surface area contributed by atoms with Crippen molar-refractivity contribution in [3.8, 4) is 5.88 Å². The number of ether oxygens (including phenoxy) is 2. The van der Waals surface area contributed by atoms with Crippen LogP contribution in [0, 0.1) is 0 Å². The summed E-state index contributed by atoms with van der Waals surface area (Å²) in [6, 6.07) is 3.34. The standard InChI is InChI=1S/C12H17NO3/c1-3-5-8-16-11-7-6-10(9-13-11)12(14)15-4-2/h6-7,9H,3-5,8H2,1-2H3.